The number of anilines is 2. The maximum Gasteiger partial charge on any atom is 0.234 e. The lowest BCUT2D eigenvalue weighted by Gasteiger charge is -2.11. The molecule has 1 rings (SSSR count). The van der Waals surface area contributed by atoms with Crippen molar-refractivity contribution in [2.75, 3.05) is 29.8 Å². The SMILES string of the molecule is COc1ccc(NC(=O)CSC)cc1NC(C)=O. The molecule has 2 N–H and O–H groups in total. The first-order valence-electron chi connectivity index (χ1n) is 5.31. The van der Waals surface area contributed by atoms with Gasteiger partial charge in [-0.1, -0.05) is 0 Å². The van der Waals surface area contributed by atoms with Crippen molar-refractivity contribution < 1.29 is 14.3 Å². The van der Waals surface area contributed by atoms with E-state index in [1.165, 1.54) is 25.8 Å². The number of carbonyl (C=O) groups is 2. The zero-order chi connectivity index (χ0) is 13.5. The molecular formula is C12H16N2O3S. The maximum atomic E-state index is 11.4. The molecule has 2 amide bonds. The highest BCUT2D eigenvalue weighted by Crippen LogP contribution is 2.27. The molecule has 0 atom stereocenters. The van der Waals surface area contributed by atoms with E-state index in [0.717, 1.165) is 0 Å². The van der Waals surface area contributed by atoms with Gasteiger partial charge in [-0.3, -0.25) is 9.59 Å². The van der Waals surface area contributed by atoms with Crippen molar-refractivity contribution in [2.45, 2.75) is 6.92 Å². The molecule has 5 nitrogen and oxygen atoms in total. The van der Waals surface area contributed by atoms with Crippen molar-refractivity contribution in [2.24, 2.45) is 0 Å². The average molecular weight is 268 g/mol. The molecule has 98 valence electrons. The molecular weight excluding hydrogens is 252 g/mol. The van der Waals surface area contributed by atoms with Crippen LogP contribution in [0, 0.1) is 0 Å². The minimum Gasteiger partial charge on any atom is -0.495 e. The summed E-state index contributed by atoms with van der Waals surface area (Å²) in [6, 6.07) is 5.08. The number of amides is 2. The average Bonchev–Trinajstić information content (AvgIpc) is 2.28. The van der Waals surface area contributed by atoms with Gasteiger partial charge in [-0.05, 0) is 24.5 Å². The Labute approximate surface area is 110 Å². The van der Waals surface area contributed by atoms with E-state index in [1.807, 2.05) is 6.26 Å². The quantitative estimate of drug-likeness (QED) is 0.856. The molecule has 0 unspecified atom stereocenters. The molecule has 0 saturated heterocycles. The highest BCUT2D eigenvalue weighted by Gasteiger charge is 2.07. The monoisotopic (exact) mass is 268 g/mol. The van der Waals surface area contributed by atoms with Crippen LogP contribution in [0.1, 0.15) is 6.92 Å². The second-order valence-electron chi connectivity index (χ2n) is 3.58. The summed E-state index contributed by atoms with van der Waals surface area (Å²) in [6.07, 6.45) is 1.86. The highest BCUT2D eigenvalue weighted by molar-refractivity contribution is 7.99. The van der Waals surface area contributed by atoms with E-state index in [2.05, 4.69) is 10.6 Å². The summed E-state index contributed by atoms with van der Waals surface area (Å²) in [5, 5.41) is 5.39. The van der Waals surface area contributed by atoms with Crippen LogP contribution in [0.25, 0.3) is 0 Å². The Morgan fingerprint density at radius 1 is 1.33 bits per heavy atom. The van der Waals surface area contributed by atoms with Gasteiger partial charge in [0.05, 0.1) is 18.6 Å². The molecule has 0 heterocycles. The van der Waals surface area contributed by atoms with Crippen LogP contribution >= 0.6 is 11.8 Å². The number of methoxy groups -OCH3 is 1. The lowest BCUT2D eigenvalue weighted by molar-refractivity contribution is -0.114. The molecule has 0 aromatic heterocycles. The van der Waals surface area contributed by atoms with E-state index in [1.54, 1.807) is 18.2 Å². The number of benzene rings is 1. The minimum atomic E-state index is -0.194. The molecule has 0 saturated carbocycles. The molecule has 1 aromatic carbocycles. The molecule has 0 aliphatic rings. The predicted octanol–water partition coefficient (Wildman–Crippen LogP) is 1.96. The third-order valence-corrected chi connectivity index (χ3v) is 2.62. The van der Waals surface area contributed by atoms with Gasteiger partial charge in [0.1, 0.15) is 5.75 Å². The number of hydrogen-bond acceptors (Lipinski definition) is 4. The number of hydrogen-bond donors (Lipinski definition) is 2. The van der Waals surface area contributed by atoms with Gasteiger partial charge in [-0.25, -0.2) is 0 Å². The second-order valence-corrected chi connectivity index (χ2v) is 4.44. The van der Waals surface area contributed by atoms with Gasteiger partial charge in [0.2, 0.25) is 11.8 Å². The topological polar surface area (TPSA) is 67.4 Å². The van der Waals surface area contributed by atoms with Crippen LogP contribution in [0.5, 0.6) is 5.75 Å². The van der Waals surface area contributed by atoms with Crippen molar-refractivity contribution in [3.8, 4) is 5.75 Å². The largest absolute Gasteiger partial charge is 0.495 e. The van der Waals surface area contributed by atoms with Gasteiger partial charge in [-0.2, -0.15) is 11.8 Å². The Morgan fingerprint density at radius 2 is 2.06 bits per heavy atom. The Morgan fingerprint density at radius 3 is 2.61 bits per heavy atom. The van der Waals surface area contributed by atoms with Gasteiger partial charge in [0.15, 0.2) is 0 Å². The number of thioether (sulfide) groups is 1. The van der Waals surface area contributed by atoms with Crippen molar-refractivity contribution in [1.29, 1.82) is 0 Å². The van der Waals surface area contributed by atoms with E-state index in [0.29, 0.717) is 22.9 Å². The van der Waals surface area contributed by atoms with E-state index < -0.39 is 0 Å². The van der Waals surface area contributed by atoms with Crippen LogP contribution in [0.2, 0.25) is 0 Å². The zero-order valence-corrected chi connectivity index (χ0v) is 11.4. The number of carbonyl (C=O) groups excluding carboxylic acids is 2. The van der Waals surface area contributed by atoms with E-state index in [-0.39, 0.29) is 11.8 Å². The van der Waals surface area contributed by atoms with Gasteiger partial charge in [-0.15, -0.1) is 0 Å². The number of rotatable bonds is 5. The van der Waals surface area contributed by atoms with Crippen LogP contribution < -0.4 is 15.4 Å². The normalized spacial score (nSPS) is 9.72. The van der Waals surface area contributed by atoms with Crippen LogP contribution in [-0.4, -0.2) is 30.9 Å². The fraction of sp³-hybridized carbons (Fsp3) is 0.333. The summed E-state index contributed by atoms with van der Waals surface area (Å²) in [7, 11) is 1.52. The lowest BCUT2D eigenvalue weighted by Crippen LogP contribution is -2.14. The van der Waals surface area contributed by atoms with Gasteiger partial charge < -0.3 is 15.4 Å². The molecule has 0 bridgehead atoms. The summed E-state index contributed by atoms with van der Waals surface area (Å²) in [5.74, 6) is 0.664. The number of ether oxygens (including phenoxy) is 1. The van der Waals surface area contributed by atoms with E-state index >= 15 is 0 Å². The summed E-state index contributed by atoms with van der Waals surface area (Å²) >= 11 is 1.45. The third-order valence-electron chi connectivity index (χ3n) is 2.07. The Bertz CT molecular complexity index is 449. The zero-order valence-electron chi connectivity index (χ0n) is 10.6. The lowest BCUT2D eigenvalue weighted by atomic mass is 10.2. The van der Waals surface area contributed by atoms with Crippen molar-refractivity contribution in [1.82, 2.24) is 0 Å². The maximum absolute atomic E-state index is 11.4. The molecule has 1 aromatic rings. The van der Waals surface area contributed by atoms with Crippen molar-refractivity contribution in [3.05, 3.63) is 18.2 Å². The van der Waals surface area contributed by atoms with Crippen molar-refractivity contribution in [3.63, 3.8) is 0 Å². The third kappa shape index (κ3) is 4.29. The van der Waals surface area contributed by atoms with Crippen LogP contribution in [-0.2, 0) is 9.59 Å². The minimum absolute atomic E-state index is 0.0820. The fourth-order valence-electron chi connectivity index (χ4n) is 1.40. The van der Waals surface area contributed by atoms with Crippen LogP contribution in [0.3, 0.4) is 0 Å². The molecule has 0 fully saturated rings. The fourth-order valence-corrected chi connectivity index (χ4v) is 1.74. The summed E-state index contributed by atoms with van der Waals surface area (Å²) in [6.45, 7) is 1.42. The Balaban J connectivity index is 2.88. The standard InChI is InChI=1S/C12H16N2O3S/c1-8(15)13-10-6-9(4-5-11(10)17-2)14-12(16)7-18-3/h4-6H,7H2,1-3H3,(H,13,15)(H,14,16). The molecule has 0 aliphatic heterocycles. The van der Waals surface area contributed by atoms with Crippen LogP contribution in [0.15, 0.2) is 18.2 Å². The number of nitrogens with one attached hydrogen (secondary N) is 2. The van der Waals surface area contributed by atoms with Gasteiger partial charge >= 0.3 is 0 Å². The highest BCUT2D eigenvalue weighted by atomic mass is 32.2. The van der Waals surface area contributed by atoms with Crippen LogP contribution in [0.4, 0.5) is 11.4 Å². The van der Waals surface area contributed by atoms with Gasteiger partial charge in [0, 0.05) is 12.6 Å². The van der Waals surface area contributed by atoms with E-state index in [9.17, 15) is 9.59 Å². The summed E-state index contributed by atoms with van der Waals surface area (Å²) in [5.41, 5.74) is 1.16. The summed E-state index contributed by atoms with van der Waals surface area (Å²) in [4.78, 5) is 22.5. The molecule has 6 heteroatoms. The predicted molar refractivity (Wildman–Crippen MR) is 74.3 cm³/mol. The molecule has 0 spiro atoms. The molecule has 0 aliphatic carbocycles. The first kappa shape index (κ1) is 14.4. The van der Waals surface area contributed by atoms with Gasteiger partial charge in [0.25, 0.3) is 0 Å². The summed E-state index contributed by atoms with van der Waals surface area (Å²) < 4.78 is 5.12. The molecule has 18 heavy (non-hydrogen) atoms. The smallest absolute Gasteiger partial charge is 0.234 e. The first-order chi connectivity index (χ1) is 8.56. The Kier molecular flexibility index (Phi) is 5.51. The second kappa shape index (κ2) is 6.90. The molecule has 0 radical (unpaired) electrons. The van der Waals surface area contributed by atoms with E-state index in [4.69, 9.17) is 4.74 Å². The Hall–Kier alpha value is -1.69. The first-order valence-corrected chi connectivity index (χ1v) is 6.70. The van der Waals surface area contributed by atoms with Crippen molar-refractivity contribution >= 4 is 35.0 Å².